The van der Waals surface area contributed by atoms with E-state index in [-0.39, 0.29) is 10.6 Å². The zero-order valence-electron chi connectivity index (χ0n) is 11.1. The molecule has 2 unspecified atom stereocenters. The highest BCUT2D eigenvalue weighted by atomic mass is 32.2. The zero-order chi connectivity index (χ0) is 15.2. The number of thioether (sulfide) groups is 1. The van der Waals surface area contributed by atoms with Crippen LogP contribution in [0.1, 0.15) is 6.92 Å². The van der Waals surface area contributed by atoms with Crippen LogP contribution in [0.5, 0.6) is 0 Å². The largest absolute Gasteiger partial charge is 0.480 e. The van der Waals surface area contributed by atoms with Gasteiger partial charge in [0.25, 0.3) is 0 Å². The number of carbonyl (C=O) groups is 1. The van der Waals surface area contributed by atoms with E-state index in [1.807, 2.05) is 0 Å². The number of nitrogens with zero attached hydrogens (tertiary/aromatic N) is 2. The molecule has 0 aromatic carbocycles. The van der Waals surface area contributed by atoms with Crippen molar-refractivity contribution in [1.29, 1.82) is 0 Å². The number of H-pyrrole nitrogens is 1. The highest BCUT2D eigenvalue weighted by Gasteiger charge is 2.45. The van der Waals surface area contributed by atoms with E-state index < -0.39 is 27.4 Å². The van der Waals surface area contributed by atoms with Crippen LogP contribution in [-0.2, 0) is 14.8 Å². The first-order valence-electron chi connectivity index (χ1n) is 6.23. The van der Waals surface area contributed by atoms with Crippen molar-refractivity contribution in [3.05, 3.63) is 24.5 Å². The average Bonchev–Trinajstić information content (AvgIpc) is 3.02. The Bertz CT molecular complexity index is 802. The van der Waals surface area contributed by atoms with E-state index in [9.17, 15) is 18.3 Å². The molecule has 3 heterocycles. The summed E-state index contributed by atoms with van der Waals surface area (Å²) in [6, 6.07) is 2.25. The zero-order valence-corrected chi connectivity index (χ0v) is 12.7. The fraction of sp³-hybridized carbons (Fsp3) is 0.333. The van der Waals surface area contributed by atoms with Crippen molar-refractivity contribution in [2.45, 2.75) is 23.2 Å². The Morgan fingerprint density at radius 3 is 3.05 bits per heavy atom. The molecule has 1 fully saturated rings. The molecule has 2 aromatic heterocycles. The lowest BCUT2D eigenvalue weighted by Crippen LogP contribution is -2.44. The lowest BCUT2D eigenvalue weighted by atomic mass is 10.3. The number of carboxylic acid groups (broad SMARTS) is 1. The van der Waals surface area contributed by atoms with E-state index in [1.54, 1.807) is 25.3 Å². The fourth-order valence-corrected chi connectivity index (χ4v) is 5.87. The van der Waals surface area contributed by atoms with Gasteiger partial charge >= 0.3 is 5.97 Å². The molecule has 0 saturated carbocycles. The Morgan fingerprint density at radius 2 is 2.33 bits per heavy atom. The average molecular weight is 327 g/mol. The second-order valence-corrected chi connectivity index (χ2v) is 7.83. The molecule has 0 radical (unpaired) electrons. The quantitative estimate of drug-likeness (QED) is 0.875. The van der Waals surface area contributed by atoms with Gasteiger partial charge in [-0.15, -0.1) is 11.8 Å². The van der Waals surface area contributed by atoms with Crippen LogP contribution in [0.3, 0.4) is 0 Å². The van der Waals surface area contributed by atoms with Crippen LogP contribution in [0.4, 0.5) is 0 Å². The second-order valence-electron chi connectivity index (χ2n) is 4.67. The molecular formula is C12H13N3O4S2. The molecule has 1 aliphatic heterocycles. The second kappa shape index (κ2) is 5.00. The van der Waals surface area contributed by atoms with Gasteiger partial charge in [-0.25, -0.2) is 13.4 Å². The van der Waals surface area contributed by atoms with Crippen molar-refractivity contribution < 1.29 is 18.3 Å². The predicted octanol–water partition coefficient (Wildman–Crippen LogP) is 1.10. The predicted molar refractivity (Wildman–Crippen MR) is 78.5 cm³/mol. The fourth-order valence-electron chi connectivity index (χ4n) is 2.43. The number of rotatable bonds is 3. The highest BCUT2D eigenvalue weighted by molar-refractivity contribution is 8.01. The van der Waals surface area contributed by atoms with E-state index in [2.05, 4.69) is 9.97 Å². The van der Waals surface area contributed by atoms with Gasteiger partial charge in [0.2, 0.25) is 10.0 Å². The first-order chi connectivity index (χ1) is 9.93. The smallest absolute Gasteiger partial charge is 0.322 e. The third-order valence-electron chi connectivity index (χ3n) is 3.41. The lowest BCUT2D eigenvalue weighted by molar-refractivity contribution is -0.140. The number of aromatic amines is 1. The Morgan fingerprint density at radius 1 is 1.57 bits per heavy atom. The minimum atomic E-state index is -3.90. The molecule has 0 aliphatic carbocycles. The number of aromatic nitrogens is 2. The molecule has 1 aliphatic rings. The highest BCUT2D eigenvalue weighted by Crippen LogP contribution is 2.36. The number of hydrogen-bond donors (Lipinski definition) is 2. The van der Waals surface area contributed by atoms with Crippen LogP contribution in [0.15, 0.2) is 29.4 Å². The van der Waals surface area contributed by atoms with E-state index in [0.29, 0.717) is 11.0 Å². The molecule has 2 aromatic rings. The van der Waals surface area contributed by atoms with Crippen molar-refractivity contribution in [3.63, 3.8) is 0 Å². The molecule has 21 heavy (non-hydrogen) atoms. The van der Waals surface area contributed by atoms with E-state index in [0.717, 1.165) is 4.31 Å². The Hall–Kier alpha value is -1.58. The molecule has 0 amide bonds. The number of sulfonamides is 1. The van der Waals surface area contributed by atoms with Gasteiger partial charge in [-0.05, 0) is 19.1 Å². The number of aliphatic carboxylic acids is 1. The van der Waals surface area contributed by atoms with Gasteiger partial charge in [-0.1, -0.05) is 0 Å². The van der Waals surface area contributed by atoms with Crippen LogP contribution in [0.2, 0.25) is 0 Å². The normalized spacial score (nSPS) is 23.7. The summed E-state index contributed by atoms with van der Waals surface area (Å²) in [5.41, 5.74) is 0.461. The molecule has 112 valence electrons. The monoisotopic (exact) mass is 327 g/mol. The number of hydrogen-bond acceptors (Lipinski definition) is 5. The maximum atomic E-state index is 12.8. The van der Waals surface area contributed by atoms with Gasteiger partial charge in [0.15, 0.2) is 0 Å². The van der Waals surface area contributed by atoms with Gasteiger partial charge in [0.05, 0.1) is 5.37 Å². The van der Waals surface area contributed by atoms with Crippen molar-refractivity contribution >= 4 is 38.8 Å². The molecular weight excluding hydrogens is 314 g/mol. The van der Waals surface area contributed by atoms with Gasteiger partial charge in [0, 0.05) is 23.5 Å². The Labute approximate surface area is 125 Å². The Kier molecular flexibility index (Phi) is 3.42. The molecule has 9 heteroatoms. The first kappa shape index (κ1) is 14.4. The van der Waals surface area contributed by atoms with Crippen LogP contribution in [0, 0.1) is 0 Å². The van der Waals surface area contributed by atoms with Crippen LogP contribution < -0.4 is 0 Å². The van der Waals surface area contributed by atoms with E-state index in [1.165, 1.54) is 18.0 Å². The molecule has 2 N–H and O–H groups in total. The maximum absolute atomic E-state index is 12.8. The Balaban J connectivity index is 2.13. The van der Waals surface area contributed by atoms with E-state index >= 15 is 0 Å². The summed E-state index contributed by atoms with van der Waals surface area (Å²) in [4.78, 5) is 18.2. The SMILES string of the molecule is CC1SCC(C(=O)O)N1S(=O)(=O)c1c[nH]c2ncccc12. The number of pyridine rings is 1. The summed E-state index contributed by atoms with van der Waals surface area (Å²) >= 11 is 1.31. The van der Waals surface area contributed by atoms with Gasteiger partial charge in [-0.2, -0.15) is 4.31 Å². The summed E-state index contributed by atoms with van der Waals surface area (Å²) in [6.07, 6.45) is 2.92. The van der Waals surface area contributed by atoms with Crippen molar-refractivity contribution in [1.82, 2.24) is 14.3 Å². The number of carboxylic acids is 1. The third-order valence-corrected chi connectivity index (χ3v) is 6.79. The van der Waals surface area contributed by atoms with Crippen molar-refractivity contribution in [2.75, 3.05) is 5.75 Å². The van der Waals surface area contributed by atoms with Gasteiger partial charge in [-0.3, -0.25) is 4.79 Å². The molecule has 7 nitrogen and oxygen atoms in total. The minimum Gasteiger partial charge on any atom is -0.480 e. The molecule has 0 bridgehead atoms. The number of fused-ring (bicyclic) bond motifs is 1. The number of nitrogens with one attached hydrogen (secondary N) is 1. The summed E-state index contributed by atoms with van der Waals surface area (Å²) in [5.74, 6) is -0.885. The minimum absolute atomic E-state index is 0.0613. The summed E-state index contributed by atoms with van der Waals surface area (Å²) in [6.45, 7) is 1.69. The van der Waals surface area contributed by atoms with Gasteiger partial charge < -0.3 is 10.1 Å². The molecule has 2 atom stereocenters. The molecule has 1 saturated heterocycles. The molecule has 3 rings (SSSR count). The third kappa shape index (κ3) is 2.21. The topological polar surface area (TPSA) is 103 Å². The van der Waals surface area contributed by atoms with Crippen molar-refractivity contribution in [3.8, 4) is 0 Å². The van der Waals surface area contributed by atoms with Crippen LogP contribution in [-0.4, -0.2) is 50.9 Å². The van der Waals surface area contributed by atoms with E-state index in [4.69, 9.17) is 0 Å². The molecule has 0 spiro atoms. The standard InChI is InChI=1S/C12H13N3O4S2/c1-7-15(9(6-20-7)12(16)17)21(18,19)10-5-14-11-8(10)3-2-4-13-11/h2-5,7,9H,6H2,1H3,(H,13,14)(H,16,17). The maximum Gasteiger partial charge on any atom is 0.322 e. The summed E-state index contributed by atoms with van der Waals surface area (Å²) in [5, 5.41) is 9.28. The van der Waals surface area contributed by atoms with Crippen LogP contribution >= 0.6 is 11.8 Å². The van der Waals surface area contributed by atoms with Gasteiger partial charge in [0.1, 0.15) is 16.6 Å². The summed E-state index contributed by atoms with van der Waals surface area (Å²) < 4.78 is 26.7. The first-order valence-corrected chi connectivity index (χ1v) is 8.72. The van der Waals surface area contributed by atoms with Crippen molar-refractivity contribution in [2.24, 2.45) is 0 Å². The van der Waals surface area contributed by atoms with Crippen LogP contribution in [0.25, 0.3) is 11.0 Å². The lowest BCUT2D eigenvalue weighted by Gasteiger charge is -2.23. The summed E-state index contributed by atoms with van der Waals surface area (Å²) in [7, 11) is -3.90.